The molecule has 1 aliphatic rings. The highest BCUT2D eigenvalue weighted by atomic mass is 16.6. The minimum Gasteiger partial charge on any atom is -0.493 e. The van der Waals surface area contributed by atoms with Gasteiger partial charge in [-0.1, -0.05) is 149 Å². The molecule has 1 aliphatic heterocycles. The molecular weight excluding hydrogens is 779 g/mol. The smallest absolute Gasteiger partial charge is 0.422 e. The number of fused-ring (bicyclic) bond motifs is 1. The van der Waals surface area contributed by atoms with Crippen molar-refractivity contribution in [3.05, 3.63) is 99.1 Å². The normalized spacial score (nSPS) is 14.5. The lowest BCUT2D eigenvalue weighted by molar-refractivity contribution is -0.122. The zero-order valence-corrected chi connectivity index (χ0v) is 38.8. The molecule has 0 saturated carbocycles. The molecule has 2 amide bonds. The van der Waals surface area contributed by atoms with Crippen molar-refractivity contribution in [1.29, 1.82) is 0 Å². The van der Waals surface area contributed by atoms with E-state index in [4.69, 9.17) is 19.2 Å². The van der Waals surface area contributed by atoms with E-state index in [1.807, 2.05) is 0 Å². The number of hydrogen-bond acceptors (Lipinski definition) is 8. The van der Waals surface area contributed by atoms with E-state index in [1.165, 1.54) is 74.0 Å². The predicted octanol–water partition coefficient (Wildman–Crippen LogP) is 12.6. The van der Waals surface area contributed by atoms with E-state index in [2.05, 4.69) is 66.7 Å². The number of anilines is 1. The Balaban J connectivity index is 1.25. The van der Waals surface area contributed by atoms with Crippen LogP contribution in [-0.2, 0) is 31.6 Å². The Labute approximate surface area is 369 Å². The van der Waals surface area contributed by atoms with E-state index in [9.17, 15) is 19.2 Å². The quantitative estimate of drug-likeness (QED) is 0.0478. The van der Waals surface area contributed by atoms with E-state index in [1.54, 1.807) is 43.3 Å². The fourth-order valence-corrected chi connectivity index (χ4v) is 7.97. The van der Waals surface area contributed by atoms with Gasteiger partial charge < -0.3 is 14.2 Å². The molecule has 5 rings (SSSR count). The van der Waals surface area contributed by atoms with Gasteiger partial charge in [0.05, 0.1) is 35.4 Å². The van der Waals surface area contributed by atoms with Crippen LogP contribution in [0.15, 0.2) is 65.5 Å². The number of rotatable bonds is 25. The molecule has 1 saturated heterocycles. The third kappa shape index (κ3) is 11.9. The molecule has 0 bridgehead atoms. The fraction of sp³-hybridized carbons (Fsp3) is 0.558. The Kier molecular flexibility index (Phi) is 17.3. The van der Waals surface area contributed by atoms with Gasteiger partial charge in [0, 0.05) is 12.1 Å². The molecule has 2 heterocycles. The van der Waals surface area contributed by atoms with Gasteiger partial charge in [-0.05, 0) is 84.9 Å². The maximum atomic E-state index is 14.2. The number of aromatic nitrogens is 2. The molecule has 0 spiro atoms. The number of imide groups is 1. The summed E-state index contributed by atoms with van der Waals surface area (Å²) in [5, 5.41) is 0.387. The van der Waals surface area contributed by atoms with Crippen LogP contribution in [0.4, 0.5) is 10.5 Å². The maximum absolute atomic E-state index is 14.2. The number of carbonyl (C=O) groups excluding carboxylic acids is 3. The summed E-state index contributed by atoms with van der Waals surface area (Å²) < 4.78 is 19.2. The molecular formula is C52H71N3O7. The van der Waals surface area contributed by atoms with Crippen molar-refractivity contribution in [1.82, 2.24) is 9.55 Å². The van der Waals surface area contributed by atoms with E-state index in [0.29, 0.717) is 36.1 Å². The van der Waals surface area contributed by atoms with Crippen molar-refractivity contribution < 1.29 is 28.6 Å². The first kappa shape index (κ1) is 48.0. The number of esters is 1. The summed E-state index contributed by atoms with van der Waals surface area (Å²) in [6.45, 7) is 18.1. The number of hydrogen-bond donors (Lipinski definition) is 0. The van der Waals surface area contributed by atoms with Gasteiger partial charge in [-0.2, -0.15) is 0 Å². The number of carbonyl (C=O) groups is 3. The highest BCUT2D eigenvalue weighted by molar-refractivity contribution is 6.19. The third-order valence-corrected chi connectivity index (χ3v) is 12.9. The number of cyclic esters (lactones) is 1. The van der Waals surface area contributed by atoms with Gasteiger partial charge in [0.1, 0.15) is 5.75 Å². The van der Waals surface area contributed by atoms with Gasteiger partial charge in [-0.3, -0.25) is 14.2 Å². The number of para-hydroxylation sites is 1. The minimum absolute atomic E-state index is 0.0212. The van der Waals surface area contributed by atoms with E-state index >= 15 is 0 Å². The highest BCUT2D eigenvalue weighted by Gasteiger charge is 2.46. The molecule has 10 heteroatoms. The zero-order valence-electron chi connectivity index (χ0n) is 38.8. The standard InChI is InChI=1S/C52H71N3O7/c1-9-12-13-14-15-16-17-18-19-20-21-24-33-61-49(58)38-29-28-37(4)43(35-38)55-48(57)45(62-50(55)59)46-53-42-27-23-22-26-40(42)47(56)54(46)32-25-34-60-44-31-30-39(51(5,6)10-2)36-41(44)52(7,8)11-3/h22-23,26-31,35-36,45H,9-21,24-25,32-34H2,1-8H3. The Morgan fingerprint density at radius 3 is 2.05 bits per heavy atom. The van der Waals surface area contributed by atoms with Gasteiger partial charge in [0.2, 0.25) is 6.10 Å². The number of aryl methyl sites for hydroxylation is 1. The monoisotopic (exact) mass is 850 g/mol. The lowest BCUT2D eigenvalue weighted by Gasteiger charge is -2.30. The molecule has 0 radical (unpaired) electrons. The van der Waals surface area contributed by atoms with Gasteiger partial charge in [-0.15, -0.1) is 0 Å². The van der Waals surface area contributed by atoms with Gasteiger partial charge in [0.15, 0.2) is 5.82 Å². The summed E-state index contributed by atoms with van der Waals surface area (Å²) >= 11 is 0. The van der Waals surface area contributed by atoms with E-state index < -0.39 is 24.1 Å². The van der Waals surface area contributed by atoms with Crippen molar-refractivity contribution in [3.8, 4) is 5.75 Å². The molecule has 0 aliphatic carbocycles. The Hall–Kier alpha value is -4.99. The van der Waals surface area contributed by atoms with Crippen LogP contribution in [0.5, 0.6) is 5.75 Å². The highest BCUT2D eigenvalue weighted by Crippen LogP contribution is 2.39. The molecule has 3 aromatic carbocycles. The molecule has 1 aromatic heterocycles. The average molecular weight is 850 g/mol. The maximum Gasteiger partial charge on any atom is 0.422 e. The summed E-state index contributed by atoms with van der Waals surface area (Å²) in [7, 11) is 0. The molecule has 10 nitrogen and oxygen atoms in total. The average Bonchev–Trinajstić information content (AvgIpc) is 3.56. The van der Waals surface area contributed by atoms with Crippen molar-refractivity contribution in [3.63, 3.8) is 0 Å². The van der Waals surface area contributed by atoms with Gasteiger partial charge in [0.25, 0.3) is 11.5 Å². The number of unbranched alkanes of at least 4 members (excludes halogenated alkanes) is 11. The van der Waals surface area contributed by atoms with Crippen molar-refractivity contribution >= 4 is 34.6 Å². The summed E-state index contributed by atoms with van der Waals surface area (Å²) in [6.07, 6.45) is 14.5. The Bertz CT molecular complexity index is 2210. The molecule has 62 heavy (non-hydrogen) atoms. The van der Waals surface area contributed by atoms with Crippen LogP contribution in [0.2, 0.25) is 0 Å². The first-order valence-electron chi connectivity index (χ1n) is 23.3. The second-order valence-electron chi connectivity index (χ2n) is 18.3. The fourth-order valence-electron chi connectivity index (χ4n) is 7.97. The number of nitrogens with zero attached hydrogens (tertiary/aromatic N) is 3. The van der Waals surface area contributed by atoms with Crippen molar-refractivity contribution in [2.24, 2.45) is 0 Å². The van der Waals surface area contributed by atoms with Crippen molar-refractivity contribution in [2.75, 3.05) is 18.1 Å². The number of ether oxygens (including phenoxy) is 3. The zero-order chi connectivity index (χ0) is 44.9. The lowest BCUT2D eigenvalue weighted by atomic mass is 9.76. The SMILES string of the molecule is CCCCCCCCCCCCCCOC(=O)c1ccc(C)c(N2C(=O)OC(c3nc4ccccc4c(=O)n3CCCOc3ccc(C(C)(C)CC)cc3C(C)(C)CC)C2=O)c1. The van der Waals surface area contributed by atoms with E-state index in [0.717, 1.165) is 48.3 Å². The number of benzene rings is 3. The summed E-state index contributed by atoms with van der Waals surface area (Å²) in [6, 6.07) is 18.2. The topological polar surface area (TPSA) is 117 Å². The van der Waals surface area contributed by atoms with Gasteiger partial charge >= 0.3 is 12.1 Å². The predicted molar refractivity (Wildman–Crippen MR) is 248 cm³/mol. The second-order valence-corrected chi connectivity index (χ2v) is 18.3. The van der Waals surface area contributed by atoms with Crippen LogP contribution < -0.4 is 15.2 Å². The first-order valence-corrected chi connectivity index (χ1v) is 23.3. The Morgan fingerprint density at radius 1 is 0.742 bits per heavy atom. The van der Waals surface area contributed by atoms with Crippen LogP contribution in [0.25, 0.3) is 10.9 Å². The molecule has 1 fully saturated rings. The molecule has 1 atom stereocenters. The van der Waals surface area contributed by atoms with Crippen LogP contribution >= 0.6 is 0 Å². The molecule has 336 valence electrons. The third-order valence-electron chi connectivity index (χ3n) is 12.9. The summed E-state index contributed by atoms with van der Waals surface area (Å²) in [5.74, 6) is -0.389. The second kappa shape index (κ2) is 22.4. The number of amides is 2. The van der Waals surface area contributed by atoms with Crippen LogP contribution in [-0.4, -0.2) is 40.7 Å². The largest absolute Gasteiger partial charge is 0.493 e. The minimum atomic E-state index is -1.48. The molecule has 0 N–H and O–H groups in total. The van der Waals surface area contributed by atoms with Crippen LogP contribution in [0.1, 0.15) is 184 Å². The van der Waals surface area contributed by atoms with E-state index in [-0.39, 0.29) is 40.0 Å². The van der Waals surface area contributed by atoms with Gasteiger partial charge in [-0.25, -0.2) is 19.5 Å². The van der Waals surface area contributed by atoms with Crippen molar-refractivity contribution in [2.45, 2.75) is 175 Å². The first-order chi connectivity index (χ1) is 29.7. The Morgan fingerprint density at radius 2 is 1.39 bits per heavy atom. The van der Waals surface area contributed by atoms with Crippen LogP contribution in [0.3, 0.4) is 0 Å². The summed E-state index contributed by atoms with van der Waals surface area (Å²) in [4.78, 5) is 60.7. The van der Waals surface area contributed by atoms with Crippen LogP contribution in [0, 0.1) is 6.92 Å². The molecule has 4 aromatic rings. The molecule has 1 unspecified atom stereocenters. The summed E-state index contributed by atoms with van der Waals surface area (Å²) in [5.41, 5.74) is 3.37. The lowest BCUT2D eigenvalue weighted by Crippen LogP contribution is -2.33.